The fraction of sp³-hybridized carbons (Fsp3) is 0.619. The van der Waals surface area contributed by atoms with Gasteiger partial charge in [0.25, 0.3) is 0 Å². The molecule has 0 spiro atoms. The molecule has 0 saturated carbocycles. The number of ether oxygens (including phenoxy) is 1. The van der Waals surface area contributed by atoms with Crippen molar-refractivity contribution in [2.45, 2.75) is 76.8 Å². The first kappa shape index (κ1) is 22.3. The molecule has 6 heteroatoms. The topological polar surface area (TPSA) is 52.6 Å². The van der Waals surface area contributed by atoms with Gasteiger partial charge in [0.15, 0.2) is 8.32 Å². The average Bonchev–Trinajstić information content (AvgIpc) is 2.98. The van der Waals surface area contributed by atoms with E-state index < -0.39 is 24.3 Å². The van der Waals surface area contributed by atoms with Crippen LogP contribution in [0.4, 0.5) is 0 Å². The van der Waals surface area contributed by atoms with Gasteiger partial charge in [0.1, 0.15) is 0 Å². The highest BCUT2D eigenvalue weighted by atomic mass is 32.2. The summed E-state index contributed by atoms with van der Waals surface area (Å²) in [5.74, 6) is 0.0642. The van der Waals surface area contributed by atoms with Gasteiger partial charge in [-0.3, -0.25) is 0 Å². The van der Waals surface area contributed by atoms with E-state index in [1.165, 1.54) is 0 Å². The number of rotatable bonds is 6. The lowest BCUT2D eigenvalue weighted by molar-refractivity contribution is 0.00751. The Morgan fingerprint density at radius 3 is 2.19 bits per heavy atom. The molecule has 0 bridgehead atoms. The van der Waals surface area contributed by atoms with Crippen LogP contribution in [-0.2, 0) is 19.0 Å². The van der Waals surface area contributed by atoms with E-state index in [1.807, 2.05) is 32.9 Å². The van der Waals surface area contributed by atoms with Gasteiger partial charge >= 0.3 is 0 Å². The summed E-state index contributed by atoms with van der Waals surface area (Å²) in [4.78, 5) is 0.685. The van der Waals surface area contributed by atoms with E-state index in [0.29, 0.717) is 16.4 Å². The summed E-state index contributed by atoms with van der Waals surface area (Å²) < 4.78 is 38.7. The van der Waals surface area contributed by atoms with Gasteiger partial charge in [-0.05, 0) is 49.2 Å². The Kier molecular flexibility index (Phi) is 6.47. The summed E-state index contributed by atoms with van der Waals surface area (Å²) in [6, 6.07) is 6.99. The zero-order chi connectivity index (χ0) is 20.6. The molecule has 1 aromatic rings. The van der Waals surface area contributed by atoms with Crippen molar-refractivity contribution < 1.29 is 17.6 Å². The second-order valence-electron chi connectivity index (χ2n) is 9.30. The summed E-state index contributed by atoms with van der Waals surface area (Å²) in [6.07, 6.45) is 0.985. The standard InChI is InChI=1S/C21H34O4SSi/c1-15(2)20-19(26(22,23)18-11-9-16(3)10-12-18)13-17(25-20)14-24-27(7,8)21(4,5)6/h9-13,15,17,20H,14H2,1-8H3/t17-,20+/m0/s1. The second kappa shape index (κ2) is 7.82. The maximum atomic E-state index is 13.2. The van der Waals surface area contributed by atoms with Gasteiger partial charge < -0.3 is 9.16 Å². The number of hydrogen-bond acceptors (Lipinski definition) is 4. The summed E-state index contributed by atoms with van der Waals surface area (Å²) in [5, 5.41) is 0.101. The molecular formula is C21H34O4SSi. The fourth-order valence-electron chi connectivity index (χ4n) is 2.75. The highest BCUT2D eigenvalue weighted by Crippen LogP contribution is 2.38. The number of aryl methyl sites for hydroxylation is 1. The van der Waals surface area contributed by atoms with E-state index in [0.717, 1.165) is 5.56 Å². The lowest BCUT2D eigenvalue weighted by Crippen LogP contribution is -2.42. The van der Waals surface area contributed by atoms with Crippen molar-refractivity contribution in [3.05, 3.63) is 40.8 Å². The van der Waals surface area contributed by atoms with Gasteiger partial charge in [-0.25, -0.2) is 8.42 Å². The quantitative estimate of drug-likeness (QED) is 0.612. The molecule has 0 unspecified atom stereocenters. The van der Waals surface area contributed by atoms with Crippen LogP contribution in [0.3, 0.4) is 0 Å². The fourth-order valence-corrected chi connectivity index (χ4v) is 5.49. The van der Waals surface area contributed by atoms with Crippen LogP contribution >= 0.6 is 0 Å². The first-order valence-corrected chi connectivity index (χ1v) is 14.0. The monoisotopic (exact) mass is 410 g/mol. The first-order chi connectivity index (χ1) is 12.3. The van der Waals surface area contributed by atoms with E-state index in [9.17, 15) is 8.42 Å². The normalized spacial score (nSPS) is 21.6. The molecule has 2 atom stereocenters. The number of sulfone groups is 1. The van der Waals surface area contributed by atoms with Gasteiger partial charge in [-0.2, -0.15) is 0 Å². The van der Waals surface area contributed by atoms with Crippen LogP contribution < -0.4 is 0 Å². The third-order valence-corrected chi connectivity index (χ3v) is 12.0. The molecule has 2 rings (SSSR count). The van der Waals surface area contributed by atoms with Gasteiger partial charge in [0, 0.05) is 0 Å². The first-order valence-electron chi connectivity index (χ1n) is 9.58. The van der Waals surface area contributed by atoms with Crippen LogP contribution in [0, 0.1) is 12.8 Å². The predicted octanol–water partition coefficient (Wildman–Crippen LogP) is 5.10. The van der Waals surface area contributed by atoms with Crippen LogP contribution in [0.15, 0.2) is 40.1 Å². The number of hydrogen-bond donors (Lipinski definition) is 0. The molecule has 1 heterocycles. The third-order valence-electron chi connectivity index (χ3n) is 5.61. The van der Waals surface area contributed by atoms with Gasteiger partial charge in [-0.15, -0.1) is 0 Å². The van der Waals surface area contributed by atoms with Gasteiger partial charge in [0.05, 0.1) is 28.6 Å². The van der Waals surface area contributed by atoms with Crippen LogP contribution in [0.2, 0.25) is 18.1 Å². The molecule has 0 radical (unpaired) electrons. The van der Waals surface area contributed by atoms with Crippen molar-refractivity contribution in [3.8, 4) is 0 Å². The maximum absolute atomic E-state index is 13.2. The lowest BCUT2D eigenvalue weighted by atomic mass is 10.1. The minimum absolute atomic E-state index is 0.0642. The Balaban J connectivity index is 2.27. The molecule has 0 amide bonds. The number of benzene rings is 1. The van der Waals surface area contributed by atoms with Gasteiger partial charge in [0.2, 0.25) is 9.84 Å². The van der Waals surface area contributed by atoms with Crippen molar-refractivity contribution in [2.24, 2.45) is 5.92 Å². The molecular weight excluding hydrogens is 376 g/mol. The Morgan fingerprint density at radius 1 is 1.15 bits per heavy atom. The molecule has 4 nitrogen and oxygen atoms in total. The second-order valence-corrected chi connectivity index (χ2v) is 16.1. The average molecular weight is 411 g/mol. The summed E-state index contributed by atoms with van der Waals surface area (Å²) in [5.41, 5.74) is 1.03. The molecule has 1 aliphatic rings. The predicted molar refractivity (Wildman–Crippen MR) is 113 cm³/mol. The van der Waals surface area contributed by atoms with Crippen molar-refractivity contribution in [1.29, 1.82) is 0 Å². The third kappa shape index (κ3) is 4.91. The van der Waals surface area contributed by atoms with Crippen LogP contribution in [-0.4, -0.2) is 35.6 Å². The van der Waals surface area contributed by atoms with E-state index in [2.05, 4.69) is 33.9 Å². The van der Waals surface area contributed by atoms with E-state index in [1.54, 1.807) is 18.2 Å². The Hall–Kier alpha value is -0.953. The Morgan fingerprint density at radius 2 is 1.70 bits per heavy atom. The molecule has 0 aliphatic carbocycles. The largest absolute Gasteiger partial charge is 0.414 e. The molecule has 1 aromatic carbocycles. The molecule has 0 N–H and O–H groups in total. The van der Waals surface area contributed by atoms with E-state index in [-0.39, 0.29) is 17.1 Å². The Bertz CT molecular complexity index is 786. The minimum Gasteiger partial charge on any atom is -0.414 e. The maximum Gasteiger partial charge on any atom is 0.205 e. The zero-order valence-electron chi connectivity index (χ0n) is 17.9. The van der Waals surface area contributed by atoms with E-state index >= 15 is 0 Å². The highest BCUT2D eigenvalue weighted by molar-refractivity contribution is 7.95. The van der Waals surface area contributed by atoms with Crippen molar-refractivity contribution in [3.63, 3.8) is 0 Å². The summed E-state index contributed by atoms with van der Waals surface area (Å²) >= 11 is 0. The van der Waals surface area contributed by atoms with Crippen molar-refractivity contribution in [2.75, 3.05) is 6.61 Å². The van der Waals surface area contributed by atoms with Gasteiger partial charge in [-0.1, -0.05) is 52.3 Å². The highest BCUT2D eigenvalue weighted by Gasteiger charge is 2.41. The van der Waals surface area contributed by atoms with E-state index in [4.69, 9.17) is 9.16 Å². The van der Waals surface area contributed by atoms with Crippen LogP contribution in [0.25, 0.3) is 0 Å². The molecule has 0 saturated heterocycles. The molecule has 0 fully saturated rings. The lowest BCUT2D eigenvalue weighted by Gasteiger charge is -2.36. The Labute approximate surface area is 166 Å². The summed E-state index contributed by atoms with van der Waals surface area (Å²) in [6.45, 7) is 17.3. The SMILES string of the molecule is Cc1ccc(S(=O)(=O)C2=C[C@@H](CO[Si](C)(C)C(C)(C)C)O[C@@H]2C(C)C)cc1. The smallest absolute Gasteiger partial charge is 0.205 e. The molecule has 0 aromatic heterocycles. The van der Waals surface area contributed by atoms with Crippen molar-refractivity contribution >= 4 is 18.2 Å². The summed E-state index contributed by atoms with van der Waals surface area (Å²) in [7, 11) is -5.49. The van der Waals surface area contributed by atoms with Crippen LogP contribution in [0.1, 0.15) is 40.2 Å². The minimum atomic E-state index is -3.57. The molecule has 152 valence electrons. The zero-order valence-corrected chi connectivity index (χ0v) is 19.7. The molecule has 1 aliphatic heterocycles. The van der Waals surface area contributed by atoms with Crippen LogP contribution in [0.5, 0.6) is 0 Å². The molecule has 27 heavy (non-hydrogen) atoms. The van der Waals surface area contributed by atoms with Crippen molar-refractivity contribution in [1.82, 2.24) is 0 Å².